The Kier molecular flexibility index (Phi) is 7.46. The lowest BCUT2D eigenvalue weighted by Gasteiger charge is -2.41. The molecule has 0 spiro atoms. The van der Waals surface area contributed by atoms with E-state index in [1.54, 1.807) is 31.3 Å². The highest BCUT2D eigenvalue weighted by Crippen LogP contribution is 2.27. The molecule has 3 aromatic carbocycles. The van der Waals surface area contributed by atoms with E-state index in [1.807, 2.05) is 61.5 Å². The summed E-state index contributed by atoms with van der Waals surface area (Å²) in [7, 11) is 1.56. The molecule has 4 aromatic rings. The molecule has 206 valence electrons. The largest absolute Gasteiger partial charge is 0.502 e. The number of piperazine rings is 1. The Hall–Kier alpha value is -4.79. The smallest absolute Gasteiger partial charge is 0.407 e. The number of pyridine rings is 1. The zero-order valence-corrected chi connectivity index (χ0v) is 22.4. The van der Waals surface area contributed by atoms with Crippen molar-refractivity contribution in [3.63, 3.8) is 0 Å². The third kappa shape index (κ3) is 5.22. The predicted octanol–water partition coefficient (Wildman–Crippen LogP) is 4.15. The van der Waals surface area contributed by atoms with Crippen LogP contribution < -0.4 is 15.8 Å². The molecule has 40 heavy (non-hydrogen) atoms. The summed E-state index contributed by atoms with van der Waals surface area (Å²) < 4.78 is 1.32. The number of aromatic nitrogens is 1. The van der Waals surface area contributed by atoms with Crippen LogP contribution in [0.2, 0.25) is 0 Å². The van der Waals surface area contributed by atoms with E-state index in [0.29, 0.717) is 37.0 Å². The fraction of sp³-hybridized carbons (Fsp3) is 0.258. The summed E-state index contributed by atoms with van der Waals surface area (Å²) in [5.41, 5.74) is 2.73. The minimum Gasteiger partial charge on any atom is -0.502 e. The third-order valence-corrected chi connectivity index (χ3v) is 7.63. The maximum absolute atomic E-state index is 13.3. The van der Waals surface area contributed by atoms with Gasteiger partial charge in [0, 0.05) is 37.8 Å². The summed E-state index contributed by atoms with van der Waals surface area (Å²) in [6, 6.07) is 24.0. The number of hydrogen-bond acceptors (Lipinski definition) is 5. The third-order valence-electron chi connectivity index (χ3n) is 7.63. The molecule has 1 fully saturated rings. The van der Waals surface area contributed by atoms with Crippen molar-refractivity contribution in [1.29, 1.82) is 0 Å². The molecule has 0 bridgehead atoms. The highest BCUT2D eigenvalue weighted by molar-refractivity contribution is 6.08. The number of amides is 2. The maximum Gasteiger partial charge on any atom is 0.407 e. The van der Waals surface area contributed by atoms with E-state index in [9.17, 15) is 24.6 Å². The number of carbonyl (C=O) groups is 2. The topological polar surface area (TPSA) is 115 Å². The minimum atomic E-state index is -0.919. The highest BCUT2D eigenvalue weighted by atomic mass is 16.4. The van der Waals surface area contributed by atoms with Gasteiger partial charge in [0.25, 0.3) is 11.5 Å². The first-order valence-electron chi connectivity index (χ1n) is 13.2. The lowest BCUT2D eigenvalue weighted by molar-refractivity contribution is 0.0938. The second-order valence-electron chi connectivity index (χ2n) is 10.2. The molecule has 0 aliphatic carbocycles. The molecule has 3 N–H and O–H groups in total. The van der Waals surface area contributed by atoms with Crippen LogP contribution in [0.15, 0.2) is 83.7 Å². The van der Waals surface area contributed by atoms with Crippen molar-refractivity contribution < 1.29 is 19.8 Å². The number of hydrogen-bond donors (Lipinski definition) is 3. The van der Waals surface area contributed by atoms with Gasteiger partial charge in [0.05, 0.1) is 23.2 Å². The molecular formula is C31H32N4O5. The average molecular weight is 541 g/mol. The molecule has 9 nitrogen and oxygen atoms in total. The van der Waals surface area contributed by atoms with Gasteiger partial charge in [-0.15, -0.1) is 0 Å². The zero-order valence-electron chi connectivity index (χ0n) is 22.4. The Labute approximate surface area is 231 Å². The molecule has 1 saturated heterocycles. The number of aromatic hydroxyl groups is 1. The van der Waals surface area contributed by atoms with Crippen LogP contribution in [0, 0.1) is 0 Å². The van der Waals surface area contributed by atoms with Crippen LogP contribution in [0.4, 0.5) is 10.5 Å². The molecule has 2 heterocycles. The van der Waals surface area contributed by atoms with Gasteiger partial charge < -0.3 is 29.9 Å². The van der Waals surface area contributed by atoms with Crippen LogP contribution in [0.5, 0.6) is 5.75 Å². The van der Waals surface area contributed by atoms with Gasteiger partial charge in [-0.1, -0.05) is 60.7 Å². The zero-order chi connectivity index (χ0) is 28.4. The van der Waals surface area contributed by atoms with E-state index >= 15 is 0 Å². The summed E-state index contributed by atoms with van der Waals surface area (Å²) in [6.45, 7) is 3.32. The molecule has 1 aromatic heterocycles. The fourth-order valence-electron chi connectivity index (χ4n) is 5.46. The van der Waals surface area contributed by atoms with Crippen molar-refractivity contribution in [1.82, 2.24) is 14.8 Å². The summed E-state index contributed by atoms with van der Waals surface area (Å²) >= 11 is 0. The van der Waals surface area contributed by atoms with Gasteiger partial charge >= 0.3 is 6.09 Å². The lowest BCUT2D eigenvalue weighted by Crippen LogP contribution is -2.55. The molecule has 2 unspecified atom stereocenters. The first kappa shape index (κ1) is 26.8. The number of benzene rings is 3. The number of carboxylic acid groups (broad SMARTS) is 1. The molecule has 0 radical (unpaired) electrons. The van der Waals surface area contributed by atoms with Crippen LogP contribution in [-0.2, 0) is 13.5 Å². The summed E-state index contributed by atoms with van der Waals surface area (Å²) in [5.74, 6) is -1.12. The molecule has 0 saturated carbocycles. The summed E-state index contributed by atoms with van der Waals surface area (Å²) in [6.07, 6.45) is -0.304. The Morgan fingerprint density at radius 2 is 1.73 bits per heavy atom. The van der Waals surface area contributed by atoms with Gasteiger partial charge in [0.15, 0.2) is 5.75 Å². The van der Waals surface area contributed by atoms with E-state index in [0.717, 1.165) is 16.8 Å². The van der Waals surface area contributed by atoms with Gasteiger partial charge in [-0.3, -0.25) is 9.59 Å². The Bertz CT molecular complexity index is 1620. The number of rotatable bonds is 6. The van der Waals surface area contributed by atoms with Crippen LogP contribution in [0.1, 0.15) is 34.5 Å². The van der Waals surface area contributed by atoms with Crippen LogP contribution >= 0.6 is 0 Å². The number of aryl methyl sites for hydroxylation is 1. The summed E-state index contributed by atoms with van der Waals surface area (Å²) in [5, 5.41) is 23.8. The Morgan fingerprint density at radius 1 is 1.00 bits per heavy atom. The van der Waals surface area contributed by atoms with Crippen molar-refractivity contribution >= 4 is 28.6 Å². The fourth-order valence-corrected chi connectivity index (χ4v) is 5.46. The van der Waals surface area contributed by atoms with Gasteiger partial charge in [-0.05, 0) is 42.7 Å². The molecule has 1 aliphatic heterocycles. The van der Waals surface area contributed by atoms with Gasteiger partial charge in [-0.2, -0.15) is 0 Å². The number of para-hydroxylation sites is 1. The maximum atomic E-state index is 13.3. The van der Waals surface area contributed by atoms with E-state index in [-0.39, 0.29) is 11.6 Å². The Balaban J connectivity index is 1.36. The number of fused-ring (bicyclic) bond motifs is 1. The lowest BCUT2D eigenvalue weighted by atomic mass is 10.0. The molecular weight excluding hydrogens is 508 g/mol. The number of anilines is 1. The van der Waals surface area contributed by atoms with Crippen molar-refractivity contribution in [2.24, 2.45) is 7.05 Å². The van der Waals surface area contributed by atoms with Gasteiger partial charge in [0.2, 0.25) is 0 Å². The quantitative estimate of drug-likeness (QED) is 0.339. The highest BCUT2D eigenvalue weighted by Gasteiger charge is 2.31. The first-order chi connectivity index (χ1) is 19.2. The van der Waals surface area contributed by atoms with Crippen molar-refractivity contribution in [2.45, 2.75) is 25.4 Å². The van der Waals surface area contributed by atoms with Crippen LogP contribution in [-0.4, -0.2) is 57.4 Å². The van der Waals surface area contributed by atoms with E-state index < -0.39 is 29.4 Å². The van der Waals surface area contributed by atoms with Crippen molar-refractivity contribution in [3.05, 3.63) is 106 Å². The number of nitrogens with one attached hydrogen (secondary N) is 1. The van der Waals surface area contributed by atoms with E-state index in [1.165, 1.54) is 9.47 Å². The first-order valence-corrected chi connectivity index (χ1v) is 13.2. The van der Waals surface area contributed by atoms with Gasteiger partial charge in [0.1, 0.15) is 0 Å². The Morgan fingerprint density at radius 3 is 2.48 bits per heavy atom. The number of nitrogens with zero attached hydrogens (tertiary/aromatic N) is 3. The summed E-state index contributed by atoms with van der Waals surface area (Å²) in [4.78, 5) is 41.5. The van der Waals surface area contributed by atoms with Gasteiger partial charge in [-0.25, -0.2) is 4.79 Å². The molecule has 1 aliphatic rings. The number of carbonyl (C=O) groups excluding carboxylic acids is 1. The predicted molar refractivity (Wildman–Crippen MR) is 154 cm³/mol. The van der Waals surface area contributed by atoms with Crippen molar-refractivity contribution in [3.8, 4) is 5.75 Å². The second-order valence-corrected chi connectivity index (χ2v) is 10.2. The van der Waals surface area contributed by atoms with Crippen LogP contribution in [0.25, 0.3) is 10.9 Å². The molecule has 2 atom stereocenters. The van der Waals surface area contributed by atoms with E-state index in [2.05, 4.69) is 10.2 Å². The normalized spacial score (nSPS) is 16.1. The molecule has 9 heteroatoms. The standard InChI is InChI=1S/C31H32N4O5/c1-20(32-29(37)27-25-13-6-7-14-26(25)33(2)30(38)28(27)36)22-11-8-12-23(18-22)34-15-16-35(31(39)40)24(19-34)17-21-9-4-3-5-10-21/h3-14,18,20,24,36H,15-17,19H2,1-2H3,(H,32,37)(H,39,40). The molecule has 2 amide bonds. The van der Waals surface area contributed by atoms with Crippen molar-refractivity contribution in [2.75, 3.05) is 24.5 Å². The van der Waals surface area contributed by atoms with Crippen LogP contribution in [0.3, 0.4) is 0 Å². The minimum absolute atomic E-state index is 0.0461. The SMILES string of the molecule is CC(NC(=O)c1c(O)c(=O)n(C)c2ccccc12)c1cccc(N2CCN(C(=O)O)C(Cc3ccccc3)C2)c1. The second kappa shape index (κ2) is 11.1. The van der Waals surface area contributed by atoms with E-state index in [4.69, 9.17) is 0 Å². The average Bonchev–Trinajstić information content (AvgIpc) is 2.96. The molecule has 5 rings (SSSR count). The monoisotopic (exact) mass is 540 g/mol.